The van der Waals surface area contributed by atoms with E-state index in [1.807, 2.05) is 60.7 Å². The highest BCUT2D eigenvalue weighted by atomic mass is 35.5. The predicted octanol–water partition coefficient (Wildman–Crippen LogP) is 5.27. The highest BCUT2D eigenvalue weighted by Gasteiger charge is 2.53. The number of carbonyl (C=O) groups excluding carboxylic acids is 1. The largest absolute Gasteiger partial charge is 0.622 e. The first-order valence-electron chi connectivity index (χ1n) is 9.63. The van der Waals surface area contributed by atoms with Crippen LogP contribution in [0.3, 0.4) is 0 Å². The zero-order valence-electron chi connectivity index (χ0n) is 16.3. The van der Waals surface area contributed by atoms with Crippen molar-refractivity contribution in [1.29, 1.82) is 0 Å². The lowest BCUT2D eigenvalue weighted by atomic mass is 9.82. The molecule has 0 N–H and O–H groups in total. The van der Waals surface area contributed by atoms with Gasteiger partial charge in [0.2, 0.25) is 0 Å². The summed E-state index contributed by atoms with van der Waals surface area (Å²) in [6, 6.07) is 22.0. The molecule has 3 aromatic rings. The summed E-state index contributed by atoms with van der Waals surface area (Å²) in [6.45, 7) is 0.197. The van der Waals surface area contributed by atoms with Crippen molar-refractivity contribution in [2.75, 3.05) is 6.54 Å². The number of quaternary nitrogens is 1. The molecular weight excluding hydrogens is 400 g/mol. The highest BCUT2D eigenvalue weighted by Crippen LogP contribution is 2.38. The lowest BCUT2D eigenvalue weighted by Gasteiger charge is -2.55. The van der Waals surface area contributed by atoms with Crippen molar-refractivity contribution in [3.8, 4) is 5.75 Å². The number of hydrogen-bond acceptors (Lipinski definition) is 4. The van der Waals surface area contributed by atoms with Crippen LogP contribution in [0.2, 0.25) is 0 Å². The van der Waals surface area contributed by atoms with Gasteiger partial charge in [-0.05, 0) is 41.8 Å². The Bertz CT molecular complexity index is 983. The normalized spacial score (nSPS) is 22.7. The lowest BCUT2D eigenvalue weighted by molar-refractivity contribution is -0.881. The number of benzene rings is 2. The van der Waals surface area contributed by atoms with Crippen LogP contribution in [-0.2, 0) is 6.42 Å². The van der Waals surface area contributed by atoms with Crippen molar-refractivity contribution in [3.05, 3.63) is 108 Å². The Morgan fingerprint density at radius 1 is 1.07 bits per heavy atom. The highest BCUT2D eigenvalue weighted by molar-refractivity contribution is 5.85. The van der Waals surface area contributed by atoms with Gasteiger partial charge in [0.15, 0.2) is 0 Å². The quantitative estimate of drug-likeness (QED) is 0.415. The molecule has 0 spiro atoms. The van der Waals surface area contributed by atoms with Gasteiger partial charge in [0.25, 0.3) is 0 Å². The van der Waals surface area contributed by atoms with Crippen LogP contribution in [0.4, 0.5) is 4.79 Å². The summed E-state index contributed by atoms with van der Waals surface area (Å²) in [4.78, 5) is 16.8. The lowest BCUT2D eigenvalue weighted by Crippen LogP contribution is -2.70. The molecule has 4 rings (SSSR count). The number of likely N-dealkylation sites (tertiary alicyclic amines) is 1. The Labute approximate surface area is 182 Å². The van der Waals surface area contributed by atoms with Crippen molar-refractivity contribution in [1.82, 2.24) is 4.98 Å². The third-order valence-corrected chi connectivity index (χ3v) is 5.24. The number of aromatic nitrogens is 1. The fourth-order valence-electron chi connectivity index (χ4n) is 3.73. The molecule has 0 aliphatic carbocycles. The second-order valence-corrected chi connectivity index (χ2v) is 7.25. The van der Waals surface area contributed by atoms with Crippen LogP contribution >= 0.6 is 12.4 Å². The third kappa shape index (κ3) is 4.76. The minimum atomic E-state index is -1.01. The van der Waals surface area contributed by atoms with Gasteiger partial charge in [-0.3, -0.25) is 9.63 Å². The van der Waals surface area contributed by atoms with Crippen molar-refractivity contribution in [2.24, 2.45) is 5.92 Å². The maximum atomic E-state index is 13.4. The molecule has 1 fully saturated rings. The standard InChI is InChI=1S/C24H22N2O3.ClH/c27-24(29-22-11-5-2-6-12-22)26(28)18-21(16-19-8-3-1-4-9-19)23(26)14-13-20-10-7-15-25-17-20;/h1-15,17,21,23H,16,18H2;1H/b14-13-;. The minimum Gasteiger partial charge on any atom is -0.622 e. The summed E-state index contributed by atoms with van der Waals surface area (Å²) in [6.07, 6.45) is 7.07. The summed E-state index contributed by atoms with van der Waals surface area (Å²) < 4.78 is 4.37. The van der Waals surface area contributed by atoms with E-state index in [-0.39, 0.29) is 24.9 Å². The zero-order chi connectivity index (χ0) is 20.1. The molecule has 0 saturated carbocycles. The number of rotatable bonds is 5. The third-order valence-electron chi connectivity index (χ3n) is 5.24. The van der Waals surface area contributed by atoms with Crippen LogP contribution < -0.4 is 4.74 Å². The van der Waals surface area contributed by atoms with Crippen molar-refractivity contribution in [3.63, 3.8) is 0 Å². The molecular formula is C24H23ClN2O3. The van der Waals surface area contributed by atoms with Crippen LogP contribution in [-0.4, -0.2) is 28.3 Å². The molecule has 1 aromatic heterocycles. The summed E-state index contributed by atoms with van der Waals surface area (Å²) in [5, 5.41) is 13.4. The molecule has 6 heteroatoms. The number of hydroxylamine groups is 3. The number of amides is 1. The molecule has 0 radical (unpaired) electrons. The first-order valence-corrected chi connectivity index (χ1v) is 9.63. The zero-order valence-corrected chi connectivity index (χ0v) is 17.2. The van der Waals surface area contributed by atoms with Crippen molar-refractivity contribution in [2.45, 2.75) is 12.5 Å². The van der Waals surface area contributed by atoms with E-state index in [1.165, 1.54) is 0 Å². The average molecular weight is 423 g/mol. The fourth-order valence-corrected chi connectivity index (χ4v) is 3.73. The van der Waals surface area contributed by atoms with Crippen LogP contribution in [0.15, 0.2) is 91.3 Å². The van der Waals surface area contributed by atoms with Gasteiger partial charge in [-0.15, -0.1) is 12.4 Å². The number of halogens is 1. The van der Waals surface area contributed by atoms with E-state index in [0.29, 0.717) is 5.75 Å². The van der Waals surface area contributed by atoms with Gasteiger partial charge in [0, 0.05) is 12.4 Å². The molecule has 1 saturated heterocycles. The van der Waals surface area contributed by atoms with Gasteiger partial charge in [-0.1, -0.05) is 60.7 Å². The van der Waals surface area contributed by atoms with E-state index in [2.05, 4.69) is 4.98 Å². The molecule has 3 unspecified atom stereocenters. The number of hydrogen-bond donors (Lipinski definition) is 0. The predicted molar refractivity (Wildman–Crippen MR) is 119 cm³/mol. The minimum absolute atomic E-state index is 0. The smallest absolute Gasteiger partial charge is 0.522 e. The molecule has 0 bridgehead atoms. The maximum Gasteiger partial charge on any atom is 0.522 e. The summed E-state index contributed by atoms with van der Waals surface area (Å²) in [7, 11) is 0. The van der Waals surface area contributed by atoms with Crippen LogP contribution in [0.1, 0.15) is 11.1 Å². The number of pyridine rings is 1. The summed E-state index contributed by atoms with van der Waals surface area (Å²) in [5.41, 5.74) is 2.04. The molecule has 3 atom stereocenters. The molecule has 154 valence electrons. The van der Waals surface area contributed by atoms with Crippen LogP contribution in [0, 0.1) is 11.1 Å². The Morgan fingerprint density at radius 3 is 2.43 bits per heavy atom. The second-order valence-electron chi connectivity index (χ2n) is 7.25. The van der Waals surface area contributed by atoms with E-state index in [9.17, 15) is 10.0 Å². The number of nitrogens with zero attached hydrogens (tertiary/aromatic N) is 2. The molecule has 2 aromatic carbocycles. The van der Waals surface area contributed by atoms with Gasteiger partial charge >= 0.3 is 6.09 Å². The van der Waals surface area contributed by atoms with Gasteiger partial charge < -0.3 is 9.94 Å². The summed E-state index contributed by atoms with van der Waals surface area (Å²) in [5.74, 6) is 0.443. The molecule has 2 heterocycles. The van der Waals surface area contributed by atoms with Crippen molar-refractivity contribution >= 4 is 24.6 Å². The fraction of sp³-hybridized carbons (Fsp3) is 0.167. The van der Waals surface area contributed by atoms with E-state index >= 15 is 0 Å². The number of carbonyl (C=O) groups is 1. The number of ether oxygens (including phenoxy) is 1. The Balaban J connectivity index is 0.00000256. The van der Waals surface area contributed by atoms with E-state index in [4.69, 9.17) is 4.74 Å². The Kier molecular flexibility index (Phi) is 7.00. The molecule has 1 aliphatic heterocycles. The van der Waals surface area contributed by atoms with E-state index in [1.54, 1.807) is 36.7 Å². The molecule has 1 aliphatic rings. The van der Waals surface area contributed by atoms with E-state index < -0.39 is 16.8 Å². The van der Waals surface area contributed by atoms with Crippen molar-refractivity contribution < 1.29 is 14.2 Å². The topological polar surface area (TPSA) is 62.2 Å². The maximum absolute atomic E-state index is 13.4. The Morgan fingerprint density at radius 2 is 1.77 bits per heavy atom. The SMILES string of the molecule is Cl.O=C(Oc1ccccc1)[N+]1([O-])CC(Cc2ccccc2)C1/C=C\c1cccnc1. The number of para-hydroxylation sites is 1. The van der Waals surface area contributed by atoms with Crippen LogP contribution in [0.25, 0.3) is 6.08 Å². The van der Waals surface area contributed by atoms with Gasteiger partial charge in [-0.2, -0.15) is 4.79 Å². The van der Waals surface area contributed by atoms with Gasteiger partial charge in [0.05, 0.1) is 12.5 Å². The Hall–Kier alpha value is -2.99. The summed E-state index contributed by atoms with van der Waals surface area (Å²) >= 11 is 0. The van der Waals surface area contributed by atoms with E-state index in [0.717, 1.165) is 17.5 Å². The van der Waals surface area contributed by atoms with Gasteiger partial charge in [0.1, 0.15) is 11.8 Å². The molecule has 5 nitrogen and oxygen atoms in total. The van der Waals surface area contributed by atoms with Gasteiger partial charge in [-0.25, -0.2) is 0 Å². The average Bonchev–Trinajstić information content (AvgIpc) is 2.75. The first-order chi connectivity index (χ1) is 14.1. The molecule has 30 heavy (non-hydrogen) atoms. The van der Waals surface area contributed by atoms with Crippen LogP contribution in [0.5, 0.6) is 5.75 Å². The second kappa shape index (κ2) is 9.67. The first kappa shape index (κ1) is 21.7. The monoisotopic (exact) mass is 422 g/mol. The molecule has 1 amide bonds.